The van der Waals surface area contributed by atoms with Crippen LogP contribution in [0.15, 0.2) is 42.7 Å². The van der Waals surface area contributed by atoms with Crippen LogP contribution >= 0.6 is 0 Å². The third kappa shape index (κ3) is 3.10. The van der Waals surface area contributed by atoms with Crippen molar-refractivity contribution in [2.75, 3.05) is 5.73 Å². The van der Waals surface area contributed by atoms with Gasteiger partial charge >= 0.3 is 0 Å². The second-order valence-corrected chi connectivity index (χ2v) is 4.17. The van der Waals surface area contributed by atoms with Crippen molar-refractivity contribution >= 4 is 11.6 Å². The van der Waals surface area contributed by atoms with E-state index in [4.69, 9.17) is 5.73 Å². The summed E-state index contributed by atoms with van der Waals surface area (Å²) in [6.07, 6.45) is 3.15. The first-order valence-electron chi connectivity index (χ1n) is 5.77. The Morgan fingerprint density at radius 1 is 1.44 bits per heavy atom. The van der Waals surface area contributed by atoms with Crippen molar-refractivity contribution in [1.82, 2.24) is 15.1 Å². The van der Waals surface area contributed by atoms with E-state index in [0.717, 1.165) is 5.56 Å². The highest BCUT2D eigenvalue weighted by Crippen LogP contribution is 2.10. The summed E-state index contributed by atoms with van der Waals surface area (Å²) in [7, 11) is 0. The molecule has 5 nitrogen and oxygen atoms in total. The van der Waals surface area contributed by atoms with Gasteiger partial charge in [-0.1, -0.05) is 30.3 Å². The Hall–Kier alpha value is -2.30. The Morgan fingerprint density at radius 2 is 2.17 bits per heavy atom. The zero-order valence-electron chi connectivity index (χ0n) is 10.2. The number of benzene rings is 1. The van der Waals surface area contributed by atoms with Gasteiger partial charge in [0.1, 0.15) is 6.54 Å². The zero-order chi connectivity index (χ0) is 13.0. The number of carbonyl (C=O) groups is 1. The molecule has 0 saturated heterocycles. The molecule has 5 heteroatoms. The van der Waals surface area contributed by atoms with Crippen LogP contribution in [0, 0.1) is 0 Å². The number of amides is 1. The van der Waals surface area contributed by atoms with Crippen molar-refractivity contribution in [3.8, 4) is 0 Å². The van der Waals surface area contributed by atoms with E-state index in [1.165, 1.54) is 10.9 Å². The first-order valence-corrected chi connectivity index (χ1v) is 5.77. The summed E-state index contributed by atoms with van der Waals surface area (Å²) in [5.74, 6) is -0.0885. The summed E-state index contributed by atoms with van der Waals surface area (Å²) in [5, 5.41) is 6.88. The van der Waals surface area contributed by atoms with Crippen LogP contribution in [-0.4, -0.2) is 15.7 Å². The normalized spacial score (nSPS) is 12.1. The van der Waals surface area contributed by atoms with Crippen LogP contribution in [0.3, 0.4) is 0 Å². The van der Waals surface area contributed by atoms with Gasteiger partial charge in [-0.2, -0.15) is 5.10 Å². The van der Waals surface area contributed by atoms with Gasteiger partial charge in [0, 0.05) is 6.20 Å². The third-order valence-electron chi connectivity index (χ3n) is 2.64. The zero-order valence-corrected chi connectivity index (χ0v) is 10.2. The van der Waals surface area contributed by atoms with Gasteiger partial charge in [0.15, 0.2) is 0 Å². The molecular weight excluding hydrogens is 228 g/mol. The van der Waals surface area contributed by atoms with Crippen molar-refractivity contribution in [3.05, 3.63) is 48.3 Å². The lowest BCUT2D eigenvalue weighted by molar-refractivity contribution is -0.122. The van der Waals surface area contributed by atoms with E-state index in [0.29, 0.717) is 5.69 Å². The Labute approximate surface area is 106 Å². The van der Waals surface area contributed by atoms with Gasteiger partial charge in [-0.25, -0.2) is 0 Å². The van der Waals surface area contributed by atoms with Gasteiger partial charge in [-0.3, -0.25) is 9.48 Å². The molecule has 94 valence electrons. The summed E-state index contributed by atoms with van der Waals surface area (Å²) >= 11 is 0. The smallest absolute Gasteiger partial charge is 0.242 e. The second kappa shape index (κ2) is 5.35. The highest BCUT2D eigenvalue weighted by molar-refractivity contribution is 5.76. The molecule has 0 aliphatic heterocycles. The number of nitrogens with two attached hydrogens (primary N) is 1. The lowest BCUT2D eigenvalue weighted by Gasteiger charge is -2.14. The van der Waals surface area contributed by atoms with E-state index < -0.39 is 0 Å². The largest absolute Gasteiger partial charge is 0.396 e. The van der Waals surface area contributed by atoms with E-state index >= 15 is 0 Å². The minimum absolute atomic E-state index is 0.0217. The number of aromatic nitrogens is 2. The van der Waals surface area contributed by atoms with E-state index in [-0.39, 0.29) is 18.5 Å². The van der Waals surface area contributed by atoms with Crippen molar-refractivity contribution in [1.29, 1.82) is 0 Å². The van der Waals surface area contributed by atoms with Crippen molar-refractivity contribution in [2.45, 2.75) is 19.5 Å². The Bertz CT molecular complexity index is 521. The maximum absolute atomic E-state index is 11.8. The van der Waals surface area contributed by atoms with Crippen LogP contribution in [0.2, 0.25) is 0 Å². The highest BCUT2D eigenvalue weighted by atomic mass is 16.2. The summed E-state index contributed by atoms with van der Waals surface area (Å²) in [4.78, 5) is 11.8. The van der Waals surface area contributed by atoms with E-state index in [1.54, 1.807) is 6.20 Å². The van der Waals surface area contributed by atoms with Gasteiger partial charge in [0.25, 0.3) is 0 Å². The fraction of sp³-hybridized carbons (Fsp3) is 0.231. The second-order valence-electron chi connectivity index (χ2n) is 4.17. The van der Waals surface area contributed by atoms with Crippen LogP contribution in [0.1, 0.15) is 18.5 Å². The van der Waals surface area contributed by atoms with Crippen LogP contribution in [0.25, 0.3) is 0 Å². The summed E-state index contributed by atoms with van der Waals surface area (Å²) in [6, 6.07) is 9.79. The van der Waals surface area contributed by atoms with E-state index in [2.05, 4.69) is 10.4 Å². The summed E-state index contributed by atoms with van der Waals surface area (Å²) < 4.78 is 1.52. The number of nitrogens with one attached hydrogen (secondary N) is 1. The van der Waals surface area contributed by atoms with Gasteiger partial charge in [0.05, 0.1) is 17.9 Å². The Balaban J connectivity index is 1.92. The molecule has 0 bridgehead atoms. The van der Waals surface area contributed by atoms with Crippen LogP contribution in [0.5, 0.6) is 0 Å². The molecule has 1 aromatic carbocycles. The molecule has 0 saturated carbocycles. The topological polar surface area (TPSA) is 72.9 Å². The lowest BCUT2D eigenvalue weighted by atomic mass is 10.1. The van der Waals surface area contributed by atoms with Gasteiger partial charge in [-0.15, -0.1) is 0 Å². The van der Waals surface area contributed by atoms with Gasteiger partial charge in [0.2, 0.25) is 5.91 Å². The minimum atomic E-state index is -0.0885. The van der Waals surface area contributed by atoms with Crippen molar-refractivity contribution < 1.29 is 4.79 Å². The quantitative estimate of drug-likeness (QED) is 0.852. The van der Waals surface area contributed by atoms with Gasteiger partial charge in [-0.05, 0) is 12.5 Å². The minimum Gasteiger partial charge on any atom is -0.396 e. The molecule has 0 radical (unpaired) electrons. The summed E-state index contributed by atoms with van der Waals surface area (Å²) in [5.41, 5.74) is 7.16. The van der Waals surface area contributed by atoms with Crippen LogP contribution in [0.4, 0.5) is 5.69 Å². The monoisotopic (exact) mass is 244 g/mol. The van der Waals surface area contributed by atoms with Crippen LogP contribution < -0.4 is 11.1 Å². The number of hydrogen-bond donors (Lipinski definition) is 2. The standard InChI is InChI=1S/C13H16N4O/c1-10(11-5-3-2-4-6-11)16-13(18)9-17-8-12(14)7-15-17/h2-8,10H,9,14H2,1H3,(H,16,18)/t10-/m0/s1. The van der Waals surface area contributed by atoms with Crippen LogP contribution in [-0.2, 0) is 11.3 Å². The number of carbonyl (C=O) groups excluding carboxylic acids is 1. The maximum Gasteiger partial charge on any atom is 0.242 e. The first-order chi connectivity index (χ1) is 8.65. The molecule has 0 spiro atoms. The Morgan fingerprint density at radius 3 is 2.78 bits per heavy atom. The molecular formula is C13H16N4O. The average Bonchev–Trinajstić information content (AvgIpc) is 2.75. The number of anilines is 1. The van der Waals surface area contributed by atoms with Crippen molar-refractivity contribution in [3.63, 3.8) is 0 Å². The first kappa shape index (κ1) is 12.2. The average molecular weight is 244 g/mol. The molecule has 3 N–H and O–H groups in total. The number of nitrogens with zero attached hydrogens (tertiary/aromatic N) is 2. The third-order valence-corrected chi connectivity index (χ3v) is 2.64. The SMILES string of the molecule is C[C@H](NC(=O)Cn1cc(N)cn1)c1ccccc1. The molecule has 2 aromatic rings. The Kier molecular flexibility index (Phi) is 3.62. The molecule has 18 heavy (non-hydrogen) atoms. The molecule has 2 rings (SSSR count). The van der Waals surface area contributed by atoms with E-state index in [9.17, 15) is 4.79 Å². The predicted octanol–water partition coefficient (Wildman–Crippen LogP) is 1.34. The van der Waals surface area contributed by atoms with E-state index in [1.807, 2.05) is 37.3 Å². The van der Waals surface area contributed by atoms with Crippen molar-refractivity contribution in [2.24, 2.45) is 0 Å². The predicted molar refractivity (Wildman–Crippen MR) is 69.6 cm³/mol. The molecule has 0 aliphatic carbocycles. The molecule has 1 atom stereocenters. The summed E-state index contributed by atoms with van der Waals surface area (Å²) in [6.45, 7) is 2.12. The molecule has 1 amide bonds. The maximum atomic E-state index is 11.8. The molecule has 1 aromatic heterocycles. The number of nitrogen functional groups attached to an aromatic ring is 1. The molecule has 0 unspecified atom stereocenters. The molecule has 0 aliphatic rings. The highest BCUT2D eigenvalue weighted by Gasteiger charge is 2.09. The fourth-order valence-corrected chi connectivity index (χ4v) is 1.73. The van der Waals surface area contributed by atoms with Gasteiger partial charge < -0.3 is 11.1 Å². The number of hydrogen-bond acceptors (Lipinski definition) is 3. The lowest BCUT2D eigenvalue weighted by Crippen LogP contribution is -2.30. The number of rotatable bonds is 4. The fourth-order valence-electron chi connectivity index (χ4n) is 1.73. The molecule has 1 heterocycles. The molecule has 0 fully saturated rings.